The van der Waals surface area contributed by atoms with Crippen LogP contribution in [-0.4, -0.2) is 41.3 Å². The minimum Gasteiger partial charge on any atom is -0.318 e. The third-order valence-corrected chi connectivity index (χ3v) is 1.81. The number of hydrogen-bond donors (Lipinski definition) is 1. The summed E-state index contributed by atoms with van der Waals surface area (Å²) in [6.45, 7) is 3.46. The summed E-state index contributed by atoms with van der Waals surface area (Å²) < 4.78 is 1.18. The maximum Gasteiger partial charge on any atom is 0.445 e. The van der Waals surface area contributed by atoms with E-state index in [1.165, 1.54) is 18.7 Å². The minimum atomic E-state index is -0.449. The van der Waals surface area contributed by atoms with Crippen LogP contribution in [0.4, 0.5) is 4.79 Å². The average Bonchev–Trinajstić information content (AvgIpc) is 2.08. The zero-order valence-corrected chi connectivity index (χ0v) is 7.00. The Morgan fingerprint density at radius 1 is 1.50 bits per heavy atom. The molecule has 1 rings (SSSR count). The maximum absolute atomic E-state index is 11.2. The van der Waals surface area contributed by atoms with E-state index in [4.69, 9.17) is 5.73 Å². The Kier molecular flexibility index (Phi) is 1.72. The smallest absolute Gasteiger partial charge is 0.318 e. The summed E-state index contributed by atoms with van der Waals surface area (Å²) in [5, 5.41) is 0. The number of likely N-dealkylation sites (N-methyl/N-ethyl adjacent to an activating group) is 1. The maximum atomic E-state index is 11.2. The quantitative estimate of drug-likeness (QED) is 0.378. The molecule has 1 aliphatic heterocycles. The van der Waals surface area contributed by atoms with Crippen LogP contribution in [0.3, 0.4) is 0 Å². The normalized spacial score (nSPS) is 19.2. The molecule has 0 saturated carbocycles. The molecule has 0 spiro atoms. The van der Waals surface area contributed by atoms with E-state index in [1.807, 2.05) is 0 Å². The molecule has 0 aliphatic carbocycles. The molecule has 0 radical (unpaired) electrons. The molecule has 2 N–H and O–H groups in total. The Labute approximate surface area is 69.8 Å². The second-order valence-electron chi connectivity index (χ2n) is 2.57. The number of carbonyl (C=O) groups excluding carboxylic acids is 2. The van der Waals surface area contributed by atoms with Crippen molar-refractivity contribution in [3.05, 3.63) is 12.2 Å². The fourth-order valence-corrected chi connectivity index (χ4v) is 0.929. The number of hydrogen-bond acceptors (Lipinski definition) is 3. The first-order chi connectivity index (χ1) is 5.46. The van der Waals surface area contributed by atoms with Gasteiger partial charge in [-0.3, -0.25) is 0 Å². The molecule has 1 heterocycles. The minimum absolute atomic E-state index is 0.114. The zero-order chi connectivity index (χ0) is 9.46. The van der Waals surface area contributed by atoms with E-state index in [1.54, 1.807) is 0 Å². The molecule has 3 amide bonds. The lowest BCUT2D eigenvalue weighted by Crippen LogP contribution is -2.50. The van der Waals surface area contributed by atoms with E-state index in [0.29, 0.717) is 0 Å². The molecule has 5 nitrogen and oxygen atoms in total. The van der Waals surface area contributed by atoms with E-state index in [9.17, 15) is 9.59 Å². The molecule has 0 aromatic heterocycles. The van der Waals surface area contributed by atoms with Gasteiger partial charge in [0, 0.05) is 0 Å². The molecule has 1 aliphatic rings. The Bertz CT molecular complexity index is 317. The Hall–Kier alpha value is -1.65. The summed E-state index contributed by atoms with van der Waals surface area (Å²) in [6.07, 6.45) is 0. The zero-order valence-electron chi connectivity index (χ0n) is 7.00. The van der Waals surface area contributed by atoms with E-state index in [2.05, 4.69) is 6.58 Å². The largest absolute Gasteiger partial charge is 0.445 e. The van der Waals surface area contributed by atoms with Crippen molar-refractivity contribution < 1.29 is 14.2 Å². The highest BCUT2D eigenvalue weighted by Crippen LogP contribution is 2.05. The van der Waals surface area contributed by atoms with Gasteiger partial charge in [0.05, 0.1) is 14.1 Å². The molecule has 0 aromatic rings. The van der Waals surface area contributed by atoms with Gasteiger partial charge in [0.2, 0.25) is 5.84 Å². The van der Waals surface area contributed by atoms with Gasteiger partial charge in [-0.1, -0.05) is 6.58 Å². The fourth-order valence-electron chi connectivity index (χ4n) is 0.929. The third kappa shape index (κ3) is 0.903. The predicted octanol–water partition coefficient (Wildman–Crippen LogP) is -0.866. The van der Waals surface area contributed by atoms with Crippen LogP contribution in [-0.2, 0) is 4.79 Å². The number of nitrogens with zero attached hydrogens (tertiary/aromatic N) is 2. The highest BCUT2D eigenvalue weighted by molar-refractivity contribution is 6.23. The second-order valence-corrected chi connectivity index (χ2v) is 2.57. The molecule has 0 bridgehead atoms. The van der Waals surface area contributed by atoms with Crippen molar-refractivity contribution in [2.24, 2.45) is 5.73 Å². The van der Waals surface area contributed by atoms with Crippen molar-refractivity contribution >= 4 is 17.8 Å². The lowest BCUT2D eigenvalue weighted by atomic mass is 10.2. The first-order valence-electron chi connectivity index (χ1n) is 3.34. The van der Waals surface area contributed by atoms with Gasteiger partial charge in [-0.05, 0) is 0 Å². The highest BCUT2D eigenvalue weighted by atomic mass is 16.2. The lowest BCUT2D eigenvalue weighted by Gasteiger charge is -2.17. The topological polar surface area (TPSA) is 66.4 Å². The average molecular weight is 168 g/mol. The summed E-state index contributed by atoms with van der Waals surface area (Å²) in [5.74, 6) is -0.335. The number of rotatable bonds is 0. The van der Waals surface area contributed by atoms with Crippen LogP contribution in [0.2, 0.25) is 0 Å². The van der Waals surface area contributed by atoms with Crippen LogP contribution in [0.1, 0.15) is 0 Å². The highest BCUT2D eigenvalue weighted by Gasteiger charge is 2.36. The van der Waals surface area contributed by atoms with Crippen molar-refractivity contribution in [2.45, 2.75) is 0 Å². The van der Waals surface area contributed by atoms with Crippen LogP contribution < -0.4 is 5.73 Å². The third-order valence-electron chi connectivity index (χ3n) is 1.81. The molecule has 12 heavy (non-hydrogen) atoms. The molecular weight excluding hydrogens is 158 g/mol. The molecular formula is C7H10N3O2+. The van der Waals surface area contributed by atoms with E-state index in [-0.39, 0.29) is 11.4 Å². The summed E-state index contributed by atoms with van der Waals surface area (Å²) in [6, 6.07) is -0.440. The molecule has 0 saturated heterocycles. The van der Waals surface area contributed by atoms with Crippen LogP contribution in [0.5, 0.6) is 0 Å². The van der Waals surface area contributed by atoms with Gasteiger partial charge in [0.1, 0.15) is 5.57 Å². The summed E-state index contributed by atoms with van der Waals surface area (Å²) in [5.41, 5.74) is 5.59. The van der Waals surface area contributed by atoms with E-state index < -0.39 is 11.9 Å². The number of amidine groups is 1. The van der Waals surface area contributed by atoms with E-state index in [0.717, 1.165) is 4.90 Å². The van der Waals surface area contributed by atoms with Gasteiger partial charge in [-0.2, -0.15) is 9.48 Å². The standard InChI is InChI=1S/C7H9N3O2/c1-4-5(8)9(2)7(12)10(3)6(4)11/h8H,1H2,2-3H3/p+1. The summed E-state index contributed by atoms with van der Waals surface area (Å²) in [7, 11) is 2.88. The second kappa shape index (κ2) is 2.44. The van der Waals surface area contributed by atoms with Crippen molar-refractivity contribution in [1.82, 2.24) is 4.90 Å². The molecule has 0 fully saturated rings. The molecule has 0 aromatic carbocycles. The van der Waals surface area contributed by atoms with Gasteiger partial charge in [-0.15, -0.1) is 0 Å². The lowest BCUT2D eigenvalue weighted by molar-refractivity contribution is -0.403. The first-order valence-corrected chi connectivity index (χ1v) is 3.34. The summed E-state index contributed by atoms with van der Waals surface area (Å²) >= 11 is 0. The monoisotopic (exact) mass is 168 g/mol. The van der Waals surface area contributed by atoms with E-state index >= 15 is 0 Å². The van der Waals surface area contributed by atoms with Crippen molar-refractivity contribution in [2.75, 3.05) is 14.1 Å². The number of imide groups is 1. The van der Waals surface area contributed by atoms with Gasteiger partial charge < -0.3 is 5.73 Å². The number of urea groups is 1. The van der Waals surface area contributed by atoms with Crippen LogP contribution in [0.15, 0.2) is 12.2 Å². The van der Waals surface area contributed by atoms with Gasteiger partial charge >= 0.3 is 11.9 Å². The van der Waals surface area contributed by atoms with Crippen molar-refractivity contribution in [1.29, 1.82) is 0 Å². The number of carbonyl (C=O) groups is 2. The van der Waals surface area contributed by atoms with Crippen molar-refractivity contribution in [3.8, 4) is 0 Å². The van der Waals surface area contributed by atoms with Gasteiger partial charge in [0.15, 0.2) is 0 Å². The first kappa shape index (κ1) is 8.45. The number of nitrogens with two attached hydrogens (primary N) is 1. The van der Waals surface area contributed by atoms with Crippen molar-refractivity contribution in [3.63, 3.8) is 0 Å². The fraction of sp³-hybridized carbons (Fsp3) is 0.286. The molecule has 0 unspecified atom stereocenters. The predicted molar refractivity (Wildman–Crippen MR) is 42.7 cm³/mol. The molecule has 0 atom stereocenters. The number of amides is 3. The SMILES string of the molecule is C=C1C(=O)N(C)C(=O)[N+](C)=C1N. The Morgan fingerprint density at radius 3 is 2.50 bits per heavy atom. The molecule has 5 heteroatoms. The Balaban J connectivity index is 3.27. The van der Waals surface area contributed by atoms with Gasteiger partial charge in [0.25, 0.3) is 0 Å². The van der Waals surface area contributed by atoms with Crippen LogP contribution >= 0.6 is 0 Å². The molecule has 64 valence electrons. The van der Waals surface area contributed by atoms with Crippen LogP contribution in [0.25, 0.3) is 0 Å². The van der Waals surface area contributed by atoms with Gasteiger partial charge in [-0.25, -0.2) is 9.59 Å². The van der Waals surface area contributed by atoms with Crippen LogP contribution in [0, 0.1) is 0 Å². The summed E-state index contributed by atoms with van der Waals surface area (Å²) in [4.78, 5) is 23.3. The Morgan fingerprint density at radius 2 is 2.00 bits per heavy atom.